The molecule has 0 atom stereocenters. The summed E-state index contributed by atoms with van der Waals surface area (Å²) in [4.78, 5) is 12.2. The van der Waals surface area contributed by atoms with E-state index in [1.54, 1.807) is 17.7 Å². The van der Waals surface area contributed by atoms with Crippen LogP contribution in [0.1, 0.15) is 4.88 Å². The van der Waals surface area contributed by atoms with Crippen molar-refractivity contribution in [2.75, 3.05) is 11.9 Å². The van der Waals surface area contributed by atoms with Gasteiger partial charge in [-0.25, -0.2) is 9.97 Å². The Hall–Kier alpha value is -1.46. The maximum absolute atomic E-state index is 4.43. The van der Waals surface area contributed by atoms with Crippen LogP contribution in [0.15, 0.2) is 46.5 Å². The number of hydrogen-bond donors (Lipinski definition) is 0. The maximum atomic E-state index is 4.43. The van der Waals surface area contributed by atoms with Crippen LogP contribution in [0.2, 0.25) is 0 Å². The highest BCUT2D eigenvalue weighted by molar-refractivity contribution is 9.10. The molecule has 0 saturated heterocycles. The van der Waals surface area contributed by atoms with Crippen LogP contribution in [0, 0.1) is 0 Å². The predicted octanol–water partition coefficient (Wildman–Crippen LogP) is 4.09. The lowest BCUT2D eigenvalue weighted by molar-refractivity contribution is 0.915. The zero-order valence-electron chi connectivity index (χ0n) is 10.4. The number of rotatable bonds is 3. The number of fused-ring (bicyclic) bond motifs is 1. The maximum Gasteiger partial charge on any atom is 0.139 e. The van der Waals surface area contributed by atoms with E-state index < -0.39 is 0 Å². The molecule has 3 nitrogen and oxygen atoms in total. The fourth-order valence-corrected chi connectivity index (χ4v) is 3.15. The summed E-state index contributed by atoms with van der Waals surface area (Å²) in [5.41, 5.74) is 0.964. The Bertz CT molecular complexity index is 697. The van der Waals surface area contributed by atoms with Gasteiger partial charge in [0.05, 0.1) is 12.1 Å². The number of thiophene rings is 1. The summed E-state index contributed by atoms with van der Waals surface area (Å²) in [6.45, 7) is 0.857. The number of aromatic nitrogens is 2. The Labute approximate surface area is 124 Å². The molecule has 96 valence electrons. The minimum atomic E-state index is 0.857. The minimum absolute atomic E-state index is 0.857. The molecule has 1 aromatic carbocycles. The van der Waals surface area contributed by atoms with Gasteiger partial charge in [-0.3, -0.25) is 0 Å². The fourth-order valence-electron chi connectivity index (χ4n) is 2.03. The topological polar surface area (TPSA) is 29.0 Å². The van der Waals surface area contributed by atoms with Crippen molar-refractivity contribution < 1.29 is 0 Å². The van der Waals surface area contributed by atoms with Crippen LogP contribution in [-0.2, 0) is 6.54 Å². The van der Waals surface area contributed by atoms with Gasteiger partial charge < -0.3 is 4.90 Å². The monoisotopic (exact) mass is 333 g/mol. The molecule has 0 aliphatic heterocycles. The quantitative estimate of drug-likeness (QED) is 0.722. The van der Waals surface area contributed by atoms with Gasteiger partial charge in [0, 0.05) is 21.8 Å². The number of nitrogens with zero attached hydrogens (tertiary/aromatic N) is 3. The first-order chi connectivity index (χ1) is 9.24. The van der Waals surface area contributed by atoms with Crippen LogP contribution in [-0.4, -0.2) is 17.0 Å². The highest BCUT2D eigenvalue weighted by Crippen LogP contribution is 2.26. The van der Waals surface area contributed by atoms with Crippen LogP contribution >= 0.6 is 27.3 Å². The molecule has 19 heavy (non-hydrogen) atoms. The SMILES string of the molecule is CN(Cc1cccs1)c1ncnc2ccc(Br)cc12. The van der Waals surface area contributed by atoms with E-state index in [2.05, 4.69) is 61.4 Å². The standard InChI is InChI=1S/C14H12BrN3S/c1-18(8-11-3-2-6-19-11)14-12-7-10(15)4-5-13(12)16-9-17-14/h2-7,9H,8H2,1H3. The highest BCUT2D eigenvalue weighted by atomic mass is 79.9. The summed E-state index contributed by atoms with van der Waals surface area (Å²) < 4.78 is 1.04. The lowest BCUT2D eigenvalue weighted by Crippen LogP contribution is -2.17. The molecule has 2 heterocycles. The molecule has 0 unspecified atom stereocenters. The second-order valence-corrected chi connectivity index (χ2v) is 6.24. The summed E-state index contributed by atoms with van der Waals surface area (Å²) in [5, 5.41) is 3.16. The van der Waals surface area contributed by atoms with E-state index in [9.17, 15) is 0 Å². The van der Waals surface area contributed by atoms with E-state index in [1.165, 1.54) is 4.88 Å². The fraction of sp³-hybridized carbons (Fsp3) is 0.143. The molecule has 0 aliphatic carbocycles. The lowest BCUT2D eigenvalue weighted by atomic mass is 10.2. The average molecular weight is 334 g/mol. The number of anilines is 1. The first-order valence-corrected chi connectivity index (χ1v) is 7.55. The van der Waals surface area contributed by atoms with Gasteiger partial charge in [0.1, 0.15) is 12.1 Å². The Morgan fingerprint density at radius 3 is 2.95 bits per heavy atom. The molecule has 3 rings (SSSR count). The van der Waals surface area contributed by atoms with Gasteiger partial charge in [0.25, 0.3) is 0 Å². The number of hydrogen-bond acceptors (Lipinski definition) is 4. The summed E-state index contributed by atoms with van der Waals surface area (Å²) in [5.74, 6) is 0.958. The van der Waals surface area contributed by atoms with Gasteiger partial charge in [0.2, 0.25) is 0 Å². The van der Waals surface area contributed by atoms with Crippen LogP contribution in [0.4, 0.5) is 5.82 Å². The number of benzene rings is 1. The van der Waals surface area contributed by atoms with Crippen molar-refractivity contribution in [2.24, 2.45) is 0 Å². The summed E-state index contributed by atoms with van der Waals surface area (Å²) >= 11 is 5.26. The third-order valence-electron chi connectivity index (χ3n) is 2.91. The van der Waals surface area contributed by atoms with E-state index in [1.807, 2.05) is 12.1 Å². The van der Waals surface area contributed by atoms with E-state index in [0.717, 1.165) is 27.7 Å². The van der Waals surface area contributed by atoms with Crippen LogP contribution in [0.5, 0.6) is 0 Å². The highest BCUT2D eigenvalue weighted by Gasteiger charge is 2.09. The zero-order chi connectivity index (χ0) is 13.2. The Morgan fingerprint density at radius 1 is 1.26 bits per heavy atom. The molecule has 0 fully saturated rings. The first-order valence-electron chi connectivity index (χ1n) is 5.88. The van der Waals surface area contributed by atoms with E-state index in [4.69, 9.17) is 0 Å². The molecule has 3 aromatic rings. The molecular weight excluding hydrogens is 322 g/mol. The second kappa shape index (κ2) is 5.27. The molecule has 0 spiro atoms. The minimum Gasteiger partial charge on any atom is -0.354 e. The Balaban J connectivity index is 2.01. The predicted molar refractivity (Wildman–Crippen MR) is 83.7 cm³/mol. The molecule has 0 saturated carbocycles. The van der Waals surface area contributed by atoms with Gasteiger partial charge in [0.15, 0.2) is 0 Å². The molecule has 0 bridgehead atoms. The molecule has 0 radical (unpaired) electrons. The van der Waals surface area contributed by atoms with Crippen LogP contribution in [0.25, 0.3) is 10.9 Å². The number of halogens is 1. The Kier molecular flexibility index (Phi) is 3.48. The van der Waals surface area contributed by atoms with Crippen molar-refractivity contribution in [3.8, 4) is 0 Å². The van der Waals surface area contributed by atoms with Crippen molar-refractivity contribution in [1.29, 1.82) is 0 Å². The summed E-state index contributed by atoms with van der Waals surface area (Å²) in [6.07, 6.45) is 1.62. The molecule has 0 amide bonds. The summed E-state index contributed by atoms with van der Waals surface area (Å²) in [7, 11) is 2.06. The van der Waals surface area contributed by atoms with Crippen molar-refractivity contribution in [1.82, 2.24) is 9.97 Å². The largest absolute Gasteiger partial charge is 0.354 e. The lowest BCUT2D eigenvalue weighted by Gasteiger charge is -2.18. The molecular formula is C14H12BrN3S. The normalized spacial score (nSPS) is 10.8. The van der Waals surface area contributed by atoms with E-state index >= 15 is 0 Å². The van der Waals surface area contributed by atoms with Crippen LogP contribution < -0.4 is 4.90 Å². The third-order valence-corrected chi connectivity index (χ3v) is 4.27. The van der Waals surface area contributed by atoms with Crippen LogP contribution in [0.3, 0.4) is 0 Å². The van der Waals surface area contributed by atoms with Crippen molar-refractivity contribution in [2.45, 2.75) is 6.54 Å². The van der Waals surface area contributed by atoms with Crippen molar-refractivity contribution >= 4 is 44.0 Å². The van der Waals surface area contributed by atoms with Gasteiger partial charge in [-0.15, -0.1) is 11.3 Å². The third kappa shape index (κ3) is 2.62. The second-order valence-electron chi connectivity index (χ2n) is 4.29. The smallest absolute Gasteiger partial charge is 0.139 e. The van der Waals surface area contributed by atoms with Gasteiger partial charge in [-0.2, -0.15) is 0 Å². The van der Waals surface area contributed by atoms with Gasteiger partial charge in [-0.05, 0) is 29.6 Å². The molecule has 5 heteroatoms. The first kappa shape index (κ1) is 12.6. The zero-order valence-corrected chi connectivity index (χ0v) is 12.8. The van der Waals surface area contributed by atoms with Crippen molar-refractivity contribution in [3.05, 3.63) is 51.4 Å². The van der Waals surface area contributed by atoms with Crippen molar-refractivity contribution in [3.63, 3.8) is 0 Å². The average Bonchev–Trinajstić information content (AvgIpc) is 2.90. The molecule has 0 N–H and O–H groups in total. The summed E-state index contributed by atoms with van der Waals surface area (Å²) in [6, 6.07) is 10.3. The van der Waals surface area contributed by atoms with Gasteiger partial charge >= 0.3 is 0 Å². The van der Waals surface area contributed by atoms with Gasteiger partial charge in [-0.1, -0.05) is 22.0 Å². The Morgan fingerprint density at radius 2 is 2.16 bits per heavy atom. The van der Waals surface area contributed by atoms with E-state index in [0.29, 0.717) is 0 Å². The molecule has 2 aromatic heterocycles. The van der Waals surface area contributed by atoms with E-state index in [-0.39, 0.29) is 0 Å². The molecule has 0 aliphatic rings.